The van der Waals surface area contributed by atoms with Crippen LogP contribution < -0.4 is 0 Å². The molecule has 0 aliphatic rings. The van der Waals surface area contributed by atoms with Crippen molar-refractivity contribution in [3.05, 3.63) is 0 Å². The Morgan fingerprint density at radius 2 is 2.25 bits per heavy atom. The first-order valence-electron chi connectivity index (χ1n) is 3.64. The second-order valence-corrected chi connectivity index (χ2v) is 3.82. The molecule has 0 radical (unpaired) electrons. The SMILES string of the molecule is CCC(C)N(C(=O)O)C(=S)SC. The summed E-state index contributed by atoms with van der Waals surface area (Å²) < 4.78 is 0.414. The molecule has 0 bridgehead atoms. The zero-order valence-corrected chi connectivity index (χ0v) is 9.04. The van der Waals surface area contributed by atoms with Gasteiger partial charge in [-0.1, -0.05) is 30.9 Å². The molecule has 0 spiro atoms. The lowest BCUT2D eigenvalue weighted by Gasteiger charge is -2.24. The molecule has 70 valence electrons. The molecule has 1 unspecified atom stereocenters. The molecule has 0 saturated heterocycles. The van der Waals surface area contributed by atoms with E-state index in [1.807, 2.05) is 13.8 Å². The molecule has 0 fully saturated rings. The van der Waals surface area contributed by atoms with Crippen LogP contribution in [0.5, 0.6) is 0 Å². The highest BCUT2D eigenvalue weighted by Gasteiger charge is 2.21. The number of nitrogens with zero attached hydrogens (tertiary/aromatic N) is 1. The number of amides is 1. The summed E-state index contributed by atoms with van der Waals surface area (Å²) in [6, 6.07) is -0.0394. The number of carboxylic acid groups (broad SMARTS) is 1. The zero-order chi connectivity index (χ0) is 9.72. The van der Waals surface area contributed by atoms with Gasteiger partial charge in [-0.05, 0) is 19.6 Å². The highest BCUT2D eigenvalue weighted by molar-refractivity contribution is 8.22. The number of thioether (sulfide) groups is 1. The fourth-order valence-electron chi connectivity index (χ4n) is 0.727. The van der Waals surface area contributed by atoms with Crippen molar-refractivity contribution in [2.45, 2.75) is 26.3 Å². The molecule has 0 rings (SSSR count). The Bertz CT molecular complexity index is 184. The lowest BCUT2D eigenvalue weighted by molar-refractivity contribution is 0.160. The summed E-state index contributed by atoms with van der Waals surface area (Å²) in [5.41, 5.74) is 0. The smallest absolute Gasteiger partial charge is 0.413 e. The van der Waals surface area contributed by atoms with Crippen molar-refractivity contribution in [1.82, 2.24) is 4.90 Å². The molecule has 0 aliphatic heterocycles. The van der Waals surface area contributed by atoms with Gasteiger partial charge in [0.2, 0.25) is 0 Å². The lowest BCUT2D eigenvalue weighted by atomic mass is 10.2. The van der Waals surface area contributed by atoms with Gasteiger partial charge in [-0.3, -0.25) is 4.90 Å². The van der Waals surface area contributed by atoms with Crippen LogP contribution in [0.3, 0.4) is 0 Å². The first kappa shape index (κ1) is 11.7. The molecule has 0 aromatic heterocycles. The minimum Gasteiger partial charge on any atom is -0.465 e. The Morgan fingerprint density at radius 1 is 1.75 bits per heavy atom. The maximum atomic E-state index is 10.7. The second-order valence-electron chi connectivity index (χ2n) is 2.38. The van der Waals surface area contributed by atoms with Crippen molar-refractivity contribution < 1.29 is 9.90 Å². The van der Waals surface area contributed by atoms with Crippen molar-refractivity contribution in [1.29, 1.82) is 0 Å². The van der Waals surface area contributed by atoms with E-state index in [-0.39, 0.29) is 6.04 Å². The van der Waals surface area contributed by atoms with Crippen LogP contribution in [0, 0.1) is 0 Å². The molecule has 1 amide bonds. The van der Waals surface area contributed by atoms with Gasteiger partial charge >= 0.3 is 6.09 Å². The standard InChI is InChI=1S/C7H13NO2S2/c1-4-5(2)8(6(9)10)7(11)12-3/h5H,4H2,1-3H3,(H,9,10). The average molecular weight is 207 g/mol. The molecule has 0 aromatic carbocycles. The summed E-state index contributed by atoms with van der Waals surface area (Å²) in [6.07, 6.45) is 1.58. The van der Waals surface area contributed by atoms with E-state index in [1.165, 1.54) is 16.7 Å². The van der Waals surface area contributed by atoms with Gasteiger partial charge in [0.05, 0.1) is 0 Å². The quantitative estimate of drug-likeness (QED) is 0.706. The summed E-state index contributed by atoms with van der Waals surface area (Å²) in [4.78, 5) is 11.9. The van der Waals surface area contributed by atoms with Crippen LogP contribution in [0.4, 0.5) is 4.79 Å². The van der Waals surface area contributed by atoms with E-state index in [2.05, 4.69) is 0 Å². The maximum Gasteiger partial charge on any atom is 0.413 e. The van der Waals surface area contributed by atoms with Gasteiger partial charge < -0.3 is 5.11 Å². The van der Waals surface area contributed by atoms with Gasteiger partial charge in [-0.25, -0.2) is 4.79 Å². The third-order valence-electron chi connectivity index (χ3n) is 1.61. The fourth-order valence-corrected chi connectivity index (χ4v) is 1.44. The van der Waals surface area contributed by atoms with E-state index in [0.717, 1.165) is 6.42 Å². The van der Waals surface area contributed by atoms with E-state index < -0.39 is 6.09 Å². The number of hydrogen-bond acceptors (Lipinski definition) is 3. The predicted octanol–water partition coefficient (Wildman–Crippen LogP) is 2.41. The van der Waals surface area contributed by atoms with Gasteiger partial charge in [0.1, 0.15) is 4.32 Å². The van der Waals surface area contributed by atoms with Crippen LogP contribution in [-0.2, 0) is 0 Å². The minimum absolute atomic E-state index is 0.0394. The molecule has 1 N–H and O–H groups in total. The van der Waals surface area contributed by atoms with Gasteiger partial charge in [0.25, 0.3) is 0 Å². The molecular weight excluding hydrogens is 194 g/mol. The molecule has 3 nitrogen and oxygen atoms in total. The summed E-state index contributed by atoms with van der Waals surface area (Å²) in [5.74, 6) is 0. The Kier molecular flexibility index (Phi) is 5.24. The largest absolute Gasteiger partial charge is 0.465 e. The molecular formula is C7H13NO2S2. The Balaban J connectivity index is 4.43. The highest BCUT2D eigenvalue weighted by atomic mass is 32.2. The van der Waals surface area contributed by atoms with Crippen LogP contribution in [-0.4, -0.2) is 32.7 Å². The number of hydrogen-bond donors (Lipinski definition) is 1. The van der Waals surface area contributed by atoms with Gasteiger partial charge in [0.15, 0.2) is 0 Å². The van der Waals surface area contributed by atoms with Crippen molar-refractivity contribution in [2.75, 3.05) is 6.26 Å². The Labute approximate surface area is 82.1 Å². The summed E-state index contributed by atoms with van der Waals surface area (Å²) in [5, 5.41) is 8.80. The van der Waals surface area contributed by atoms with E-state index in [1.54, 1.807) is 6.26 Å². The van der Waals surface area contributed by atoms with Crippen molar-refractivity contribution in [2.24, 2.45) is 0 Å². The number of carbonyl (C=O) groups is 1. The fraction of sp³-hybridized carbons (Fsp3) is 0.714. The summed E-state index contributed by atoms with van der Waals surface area (Å²) >= 11 is 6.18. The van der Waals surface area contributed by atoms with Crippen molar-refractivity contribution in [3.63, 3.8) is 0 Å². The molecule has 5 heteroatoms. The molecule has 0 aromatic rings. The normalized spacial score (nSPS) is 12.2. The molecule has 12 heavy (non-hydrogen) atoms. The van der Waals surface area contributed by atoms with E-state index in [0.29, 0.717) is 4.32 Å². The van der Waals surface area contributed by atoms with Crippen LogP contribution >= 0.6 is 24.0 Å². The number of thiocarbonyl (C=S) groups is 1. The van der Waals surface area contributed by atoms with E-state index in [4.69, 9.17) is 17.3 Å². The van der Waals surface area contributed by atoms with Gasteiger partial charge in [0, 0.05) is 6.04 Å². The Hall–Kier alpha value is -0.290. The van der Waals surface area contributed by atoms with Gasteiger partial charge in [-0.2, -0.15) is 0 Å². The van der Waals surface area contributed by atoms with Crippen LogP contribution in [0.2, 0.25) is 0 Å². The minimum atomic E-state index is -0.969. The second kappa shape index (κ2) is 5.37. The molecule has 0 aliphatic carbocycles. The maximum absolute atomic E-state index is 10.7. The third kappa shape index (κ3) is 2.98. The zero-order valence-electron chi connectivity index (χ0n) is 7.40. The predicted molar refractivity (Wildman–Crippen MR) is 55.7 cm³/mol. The lowest BCUT2D eigenvalue weighted by Crippen LogP contribution is -2.39. The third-order valence-corrected chi connectivity index (χ3v) is 2.85. The van der Waals surface area contributed by atoms with E-state index >= 15 is 0 Å². The average Bonchev–Trinajstić information content (AvgIpc) is 2.03. The van der Waals surface area contributed by atoms with Crippen LogP contribution in [0.1, 0.15) is 20.3 Å². The first-order chi connectivity index (χ1) is 5.54. The molecule has 0 saturated carbocycles. The molecule has 0 heterocycles. The Morgan fingerprint density at radius 3 is 2.50 bits per heavy atom. The highest BCUT2D eigenvalue weighted by Crippen LogP contribution is 2.12. The van der Waals surface area contributed by atoms with Crippen LogP contribution in [0.25, 0.3) is 0 Å². The summed E-state index contributed by atoms with van der Waals surface area (Å²) in [7, 11) is 0. The number of rotatable bonds is 2. The van der Waals surface area contributed by atoms with Gasteiger partial charge in [-0.15, -0.1) is 0 Å². The van der Waals surface area contributed by atoms with Crippen molar-refractivity contribution in [3.8, 4) is 0 Å². The first-order valence-corrected chi connectivity index (χ1v) is 5.28. The van der Waals surface area contributed by atoms with Crippen molar-refractivity contribution >= 4 is 34.4 Å². The molecule has 1 atom stereocenters. The monoisotopic (exact) mass is 207 g/mol. The van der Waals surface area contributed by atoms with E-state index in [9.17, 15) is 4.79 Å². The summed E-state index contributed by atoms with van der Waals surface area (Å²) in [6.45, 7) is 3.78. The topological polar surface area (TPSA) is 40.5 Å². The van der Waals surface area contributed by atoms with Crippen LogP contribution in [0.15, 0.2) is 0 Å².